The van der Waals surface area contributed by atoms with Crippen molar-refractivity contribution in [2.24, 2.45) is 0 Å². The van der Waals surface area contributed by atoms with Crippen molar-refractivity contribution < 1.29 is 9.84 Å². The highest BCUT2D eigenvalue weighted by molar-refractivity contribution is 7.12. The number of thiophene rings is 1. The maximum atomic E-state index is 10.5. The summed E-state index contributed by atoms with van der Waals surface area (Å²) in [6, 6.07) is 5.94. The Bertz CT molecular complexity index is 599. The summed E-state index contributed by atoms with van der Waals surface area (Å²) in [5, 5.41) is 10.5. The number of ether oxygens (including phenoxy) is 1. The fourth-order valence-electron chi connectivity index (χ4n) is 1.99. The van der Waals surface area contributed by atoms with E-state index in [-0.39, 0.29) is 11.5 Å². The maximum absolute atomic E-state index is 10.5. The van der Waals surface area contributed by atoms with E-state index in [1.807, 2.05) is 26.0 Å². The molecule has 1 unspecified atom stereocenters. The highest BCUT2D eigenvalue weighted by Crippen LogP contribution is 2.35. The second kappa shape index (κ2) is 6.16. The molecule has 0 spiro atoms. The maximum Gasteiger partial charge on any atom is 0.138 e. The molecule has 0 bridgehead atoms. The molecule has 0 aliphatic rings. The lowest BCUT2D eigenvalue weighted by molar-refractivity contribution is 0.219. The van der Waals surface area contributed by atoms with Gasteiger partial charge in [-0.1, -0.05) is 20.8 Å². The zero-order chi connectivity index (χ0) is 15.6. The molecule has 0 amide bonds. The number of rotatable bonds is 4. The predicted octanol–water partition coefficient (Wildman–Crippen LogP) is 4.31. The predicted molar refractivity (Wildman–Crippen MR) is 87.1 cm³/mol. The molecule has 0 aliphatic carbocycles. The number of aliphatic hydroxyl groups is 1. The highest BCUT2D eigenvalue weighted by atomic mass is 32.1. The SMILES string of the molecule is CC(C)Oc1cncc(C(O)c2ccc(C(C)(C)C)s2)c1. The van der Waals surface area contributed by atoms with Crippen LogP contribution in [-0.4, -0.2) is 16.2 Å². The highest BCUT2D eigenvalue weighted by Gasteiger charge is 2.20. The van der Waals surface area contributed by atoms with E-state index in [2.05, 4.69) is 31.8 Å². The van der Waals surface area contributed by atoms with E-state index < -0.39 is 6.10 Å². The topological polar surface area (TPSA) is 42.4 Å². The van der Waals surface area contributed by atoms with Gasteiger partial charge in [-0.05, 0) is 37.5 Å². The van der Waals surface area contributed by atoms with E-state index in [1.165, 1.54) is 4.88 Å². The lowest BCUT2D eigenvalue weighted by atomic mass is 9.95. The molecule has 4 heteroatoms. The number of hydrogen-bond acceptors (Lipinski definition) is 4. The number of hydrogen-bond donors (Lipinski definition) is 1. The van der Waals surface area contributed by atoms with Crippen molar-refractivity contribution in [1.82, 2.24) is 4.98 Å². The molecule has 114 valence electrons. The van der Waals surface area contributed by atoms with E-state index in [1.54, 1.807) is 23.7 Å². The molecule has 21 heavy (non-hydrogen) atoms. The Labute approximate surface area is 130 Å². The molecule has 0 aromatic carbocycles. The summed E-state index contributed by atoms with van der Waals surface area (Å²) in [5.41, 5.74) is 0.860. The Morgan fingerprint density at radius 1 is 1.19 bits per heavy atom. The second-order valence-corrected chi connectivity index (χ2v) is 7.59. The van der Waals surface area contributed by atoms with Crippen LogP contribution in [0.2, 0.25) is 0 Å². The molecule has 1 atom stereocenters. The van der Waals surface area contributed by atoms with E-state index in [9.17, 15) is 5.11 Å². The standard InChI is InChI=1S/C17H23NO2S/c1-11(2)20-13-8-12(9-18-10-13)16(19)14-6-7-15(21-14)17(3,4)5/h6-11,16,19H,1-5H3. The van der Waals surface area contributed by atoms with Crippen LogP contribution in [0.5, 0.6) is 5.75 Å². The molecule has 0 aliphatic heterocycles. The van der Waals surface area contributed by atoms with Crippen LogP contribution >= 0.6 is 11.3 Å². The number of pyridine rings is 1. The molecule has 0 fully saturated rings. The van der Waals surface area contributed by atoms with Gasteiger partial charge in [-0.3, -0.25) is 4.98 Å². The van der Waals surface area contributed by atoms with Crippen LogP contribution in [0.15, 0.2) is 30.6 Å². The van der Waals surface area contributed by atoms with Crippen LogP contribution in [0, 0.1) is 0 Å². The number of aliphatic hydroxyl groups excluding tert-OH is 1. The van der Waals surface area contributed by atoms with Gasteiger partial charge in [0.1, 0.15) is 11.9 Å². The molecular weight excluding hydrogens is 282 g/mol. The van der Waals surface area contributed by atoms with Gasteiger partial charge < -0.3 is 9.84 Å². The van der Waals surface area contributed by atoms with Gasteiger partial charge >= 0.3 is 0 Å². The molecule has 1 N–H and O–H groups in total. The first kappa shape index (κ1) is 16.0. The van der Waals surface area contributed by atoms with Crippen LogP contribution < -0.4 is 4.74 Å². The van der Waals surface area contributed by atoms with Crippen molar-refractivity contribution in [3.05, 3.63) is 45.9 Å². The molecule has 0 saturated carbocycles. The summed E-state index contributed by atoms with van der Waals surface area (Å²) in [4.78, 5) is 6.36. The largest absolute Gasteiger partial charge is 0.489 e. The Morgan fingerprint density at radius 2 is 1.90 bits per heavy atom. The van der Waals surface area contributed by atoms with Crippen LogP contribution in [0.1, 0.15) is 56.0 Å². The molecule has 0 saturated heterocycles. The van der Waals surface area contributed by atoms with Crippen molar-refractivity contribution >= 4 is 11.3 Å². The minimum Gasteiger partial charge on any atom is -0.489 e. The number of aromatic nitrogens is 1. The van der Waals surface area contributed by atoms with Crippen molar-refractivity contribution in [3.8, 4) is 5.75 Å². The molecule has 2 heterocycles. The Balaban J connectivity index is 2.23. The van der Waals surface area contributed by atoms with Crippen LogP contribution in [-0.2, 0) is 5.41 Å². The van der Waals surface area contributed by atoms with Crippen LogP contribution in [0.4, 0.5) is 0 Å². The Morgan fingerprint density at radius 3 is 2.48 bits per heavy atom. The van der Waals surface area contributed by atoms with Crippen molar-refractivity contribution in [3.63, 3.8) is 0 Å². The fraction of sp³-hybridized carbons (Fsp3) is 0.471. The quantitative estimate of drug-likeness (QED) is 0.915. The summed E-state index contributed by atoms with van der Waals surface area (Å²) >= 11 is 1.64. The average molecular weight is 305 g/mol. The molecule has 2 rings (SSSR count). The second-order valence-electron chi connectivity index (χ2n) is 6.48. The van der Waals surface area contributed by atoms with Gasteiger partial charge in [0.25, 0.3) is 0 Å². The molecule has 2 aromatic heterocycles. The third kappa shape index (κ3) is 4.05. The summed E-state index contributed by atoms with van der Waals surface area (Å²) in [7, 11) is 0. The van der Waals surface area contributed by atoms with E-state index in [0.29, 0.717) is 5.75 Å². The minimum absolute atomic E-state index is 0.0911. The normalized spacial score (nSPS) is 13.5. The van der Waals surface area contributed by atoms with Gasteiger partial charge in [0, 0.05) is 21.5 Å². The third-order valence-corrected chi connectivity index (χ3v) is 4.62. The van der Waals surface area contributed by atoms with Crippen LogP contribution in [0.3, 0.4) is 0 Å². The Kier molecular flexibility index (Phi) is 4.69. The number of nitrogens with zero attached hydrogens (tertiary/aromatic N) is 1. The molecule has 3 nitrogen and oxygen atoms in total. The smallest absolute Gasteiger partial charge is 0.138 e. The molecule has 0 radical (unpaired) electrons. The van der Waals surface area contributed by atoms with E-state index >= 15 is 0 Å². The lowest BCUT2D eigenvalue weighted by Gasteiger charge is -2.16. The van der Waals surface area contributed by atoms with Gasteiger partial charge in [0.05, 0.1) is 12.3 Å². The average Bonchev–Trinajstić information content (AvgIpc) is 2.86. The van der Waals surface area contributed by atoms with Gasteiger partial charge in [-0.2, -0.15) is 0 Å². The van der Waals surface area contributed by atoms with Crippen LogP contribution in [0.25, 0.3) is 0 Å². The zero-order valence-electron chi connectivity index (χ0n) is 13.3. The van der Waals surface area contributed by atoms with Gasteiger partial charge in [-0.25, -0.2) is 0 Å². The first-order valence-electron chi connectivity index (χ1n) is 7.17. The van der Waals surface area contributed by atoms with Gasteiger partial charge in [0.15, 0.2) is 0 Å². The third-order valence-electron chi connectivity index (χ3n) is 3.06. The monoisotopic (exact) mass is 305 g/mol. The zero-order valence-corrected chi connectivity index (χ0v) is 14.1. The molecular formula is C17H23NO2S. The minimum atomic E-state index is -0.658. The summed E-state index contributed by atoms with van der Waals surface area (Å²) < 4.78 is 5.63. The lowest BCUT2D eigenvalue weighted by Crippen LogP contribution is -2.08. The van der Waals surface area contributed by atoms with Crippen molar-refractivity contribution in [1.29, 1.82) is 0 Å². The fourth-order valence-corrected chi connectivity index (χ4v) is 3.07. The molecule has 2 aromatic rings. The van der Waals surface area contributed by atoms with Crippen molar-refractivity contribution in [2.75, 3.05) is 0 Å². The summed E-state index contributed by atoms with van der Waals surface area (Å²) in [5.74, 6) is 0.689. The van der Waals surface area contributed by atoms with Crippen molar-refractivity contribution in [2.45, 2.75) is 52.2 Å². The summed E-state index contributed by atoms with van der Waals surface area (Å²) in [6.45, 7) is 10.5. The van der Waals surface area contributed by atoms with E-state index in [0.717, 1.165) is 10.4 Å². The first-order valence-corrected chi connectivity index (χ1v) is 7.99. The van der Waals surface area contributed by atoms with E-state index in [4.69, 9.17) is 4.74 Å². The summed E-state index contributed by atoms with van der Waals surface area (Å²) in [6.07, 6.45) is 2.79. The Hall–Kier alpha value is -1.39. The van der Waals surface area contributed by atoms with Gasteiger partial charge in [-0.15, -0.1) is 11.3 Å². The van der Waals surface area contributed by atoms with Gasteiger partial charge in [0.2, 0.25) is 0 Å². The first-order chi connectivity index (χ1) is 9.77.